The quantitative estimate of drug-likeness (QED) is 0.857. The van der Waals surface area contributed by atoms with Crippen LogP contribution >= 0.6 is 15.9 Å². The van der Waals surface area contributed by atoms with Crippen molar-refractivity contribution in [3.05, 3.63) is 28.2 Å². The van der Waals surface area contributed by atoms with E-state index in [1.807, 2.05) is 6.07 Å². The van der Waals surface area contributed by atoms with Gasteiger partial charge < -0.3 is 10.1 Å². The molecular formula is C16H24BrNO. The number of benzene rings is 1. The molecule has 0 spiro atoms. The number of rotatable bonds is 5. The highest BCUT2D eigenvalue weighted by Crippen LogP contribution is 2.43. The van der Waals surface area contributed by atoms with Crippen molar-refractivity contribution in [2.75, 3.05) is 13.7 Å². The molecule has 1 saturated carbocycles. The van der Waals surface area contributed by atoms with Gasteiger partial charge in [-0.2, -0.15) is 0 Å². The molecule has 2 rings (SSSR count). The Hall–Kier alpha value is -0.540. The Morgan fingerprint density at radius 2 is 2.21 bits per heavy atom. The van der Waals surface area contributed by atoms with E-state index in [1.54, 1.807) is 7.11 Å². The molecule has 1 aromatic carbocycles. The van der Waals surface area contributed by atoms with Gasteiger partial charge in [-0.25, -0.2) is 0 Å². The van der Waals surface area contributed by atoms with Crippen molar-refractivity contribution in [3.8, 4) is 5.75 Å². The van der Waals surface area contributed by atoms with E-state index in [4.69, 9.17) is 4.74 Å². The van der Waals surface area contributed by atoms with E-state index in [-0.39, 0.29) is 0 Å². The Kier molecular flexibility index (Phi) is 5.28. The predicted octanol–water partition coefficient (Wildman–Crippen LogP) is 4.54. The molecule has 0 aromatic heterocycles. The van der Waals surface area contributed by atoms with Crippen LogP contribution in [0.15, 0.2) is 22.7 Å². The van der Waals surface area contributed by atoms with E-state index in [2.05, 4.69) is 47.2 Å². The van der Waals surface area contributed by atoms with Crippen LogP contribution in [0.25, 0.3) is 0 Å². The molecule has 0 aliphatic heterocycles. The second-order valence-electron chi connectivity index (χ2n) is 5.49. The number of methoxy groups -OCH3 is 1. The lowest BCUT2D eigenvalue weighted by atomic mass is 9.85. The van der Waals surface area contributed by atoms with E-state index in [0.29, 0.717) is 12.0 Å². The third kappa shape index (κ3) is 3.32. The van der Waals surface area contributed by atoms with Crippen LogP contribution in [-0.2, 0) is 0 Å². The van der Waals surface area contributed by atoms with Gasteiger partial charge in [0.05, 0.1) is 7.11 Å². The molecule has 3 unspecified atom stereocenters. The van der Waals surface area contributed by atoms with Gasteiger partial charge in [0, 0.05) is 16.1 Å². The van der Waals surface area contributed by atoms with Crippen molar-refractivity contribution in [3.63, 3.8) is 0 Å². The summed E-state index contributed by atoms with van der Waals surface area (Å²) in [5.74, 6) is 2.49. The van der Waals surface area contributed by atoms with E-state index in [1.165, 1.54) is 24.8 Å². The van der Waals surface area contributed by atoms with Crippen LogP contribution in [0.5, 0.6) is 5.75 Å². The minimum Gasteiger partial charge on any atom is -0.496 e. The Morgan fingerprint density at radius 3 is 2.79 bits per heavy atom. The fraction of sp³-hybridized carbons (Fsp3) is 0.625. The first-order chi connectivity index (χ1) is 9.17. The molecule has 0 amide bonds. The summed E-state index contributed by atoms with van der Waals surface area (Å²) in [6.45, 7) is 5.55. The molecule has 1 aliphatic carbocycles. The van der Waals surface area contributed by atoms with Crippen molar-refractivity contribution in [2.45, 2.75) is 39.2 Å². The van der Waals surface area contributed by atoms with Gasteiger partial charge >= 0.3 is 0 Å². The molecule has 106 valence electrons. The number of hydrogen-bond acceptors (Lipinski definition) is 2. The summed E-state index contributed by atoms with van der Waals surface area (Å²) in [5, 5.41) is 3.67. The Bertz CT molecular complexity index is 421. The zero-order chi connectivity index (χ0) is 13.8. The molecular weight excluding hydrogens is 302 g/mol. The molecule has 0 radical (unpaired) electrons. The molecule has 3 atom stereocenters. The summed E-state index contributed by atoms with van der Waals surface area (Å²) < 4.78 is 6.68. The predicted molar refractivity (Wildman–Crippen MR) is 83.6 cm³/mol. The smallest absolute Gasteiger partial charge is 0.123 e. The maximum absolute atomic E-state index is 5.56. The molecule has 1 aliphatic rings. The summed E-state index contributed by atoms with van der Waals surface area (Å²) in [7, 11) is 1.76. The fourth-order valence-electron chi connectivity index (χ4n) is 3.33. The van der Waals surface area contributed by atoms with Crippen LogP contribution < -0.4 is 10.1 Å². The van der Waals surface area contributed by atoms with Crippen molar-refractivity contribution in [1.29, 1.82) is 0 Å². The van der Waals surface area contributed by atoms with Gasteiger partial charge in [-0.1, -0.05) is 42.6 Å². The molecule has 1 aromatic rings. The average molecular weight is 326 g/mol. The summed E-state index contributed by atoms with van der Waals surface area (Å²) in [4.78, 5) is 0. The topological polar surface area (TPSA) is 21.3 Å². The third-order valence-electron chi connectivity index (χ3n) is 4.31. The van der Waals surface area contributed by atoms with Crippen LogP contribution in [-0.4, -0.2) is 13.7 Å². The maximum Gasteiger partial charge on any atom is 0.123 e. The van der Waals surface area contributed by atoms with Gasteiger partial charge in [0.15, 0.2) is 0 Å². The summed E-state index contributed by atoms with van der Waals surface area (Å²) in [6, 6.07) is 6.71. The van der Waals surface area contributed by atoms with E-state index >= 15 is 0 Å². The SMILES string of the molecule is CCNC(c1cc(Br)ccc1OC)C1CCCC1C. The van der Waals surface area contributed by atoms with Crippen molar-refractivity contribution < 1.29 is 4.74 Å². The monoisotopic (exact) mass is 325 g/mol. The highest BCUT2D eigenvalue weighted by atomic mass is 79.9. The van der Waals surface area contributed by atoms with Gasteiger partial charge in [0.2, 0.25) is 0 Å². The van der Waals surface area contributed by atoms with Crippen molar-refractivity contribution in [1.82, 2.24) is 5.32 Å². The van der Waals surface area contributed by atoms with Crippen molar-refractivity contribution in [2.24, 2.45) is 11.8 Å². The third-order valence-corrected chi connectivity index (χ3v) is 4.80. The van der Waals surface area contributed by atoms with Crippen LogP contribution in [0.4, 0.5) is 0 Å². The van der Waals surface area contributed by atoms with E-state index in [9.17, 15) is 0 Å². The van der Waals surface area contributed by atoms with E-state index in [0.717, 1.165) is 22.7 Å². The second-order valence-corrected chi connectivity index (χ2v) is 6.41. The highest BCUT2D eigenvalue weighted by molar-refractivity contribution is 9.10. The van der Waals surface area contributed by atoms with Crippen molar-refractivity contribution >= 4 is 15.9 Å². The summed E-state index contributed by atoms with van der Waals surface area (Å²) in [6.07, 6.45) is 4.02. The van der Waals surface area contributed by atoms with Crippen LogP contribution in [0.1, 0.15) is 44.7 Å². The molecule has 1 fully saturated rings. The minimum absolute atomic E-state index is 0.398. The van der Waals surface area contributed by atoms with E-state index < -0.39 is 0 Å². The zero-order valence-corrected chi connectivity index (χ0v) is 13.7. The highest BCUT2D eigenvalue weighted by Gasteiger charge is 2.32. The molecule has 0 heterocycles. The first-order valence-electron chi connectivity index (χ1n) is 7.24. The summed E-state index contributed by atoms with van der Waals surface area (Å²) in [5.41, 5.74) is 1.29. The van der Waals surface area contributed by atoms with Gasteiger partial charge in [-0.15, -0.1) is 0 Å². The zero-order valence-electron chi connectivity index (χ0n) is 12.1. The normalized spacial score (nSPS) is 24.4. The largest absolute Gasteiger partial charge is 0.496 e. The number of nitrogens with one attached hydrogen (secondary N) is 1. The molecule has 1 N–H and O–H groups in total. The Balaban J connectivity index is 2.35. The lowest BCUT2D eigenvalue weighted by Crippen LogP contribution is -2.30. The fourth-order valence-corrected chi connectivity index (χ4v) is 3.71. The number of halogens is 1. The standard InChI is InChI=1S/C16H24BrNO/c1-4-18-16(13-7-5-6-11(13)2)14-10-12(17)8-9-15(14)19-3/h8-11,13,16,18H,4-7H2,1-3H3. The van der Waals surface area contributed by atoms with Gasteiger partial charge in [0.1, 0.15) is 5.75 Å². The molecule has 19 heavy (non-hydrogen) atoms. The number of hydrogen-bond donors (Lipinski definition) is 1. The maximum atomic E-state index is 5.56. The van der Waals surface area contributed by atoms with Gasteiger partial charge in [-0.05, 0) is 43.0 Å². The summed E-state index contributed by atoms with van der Waals surface area (Å²) >= 11 is 3.59. The van der Waals surface area contributed by atoms with Gasteiger partial charge in [-0.3, -0.25) is 0 Å². The minimum atomic E-state index is 0.398. The Morgan fingerprint density at radius 1 is 1.42 bits per heavy atom. The molecule has 0 bridgehead atoms. The lowest BCUT2D eigenvalue weighted by molar-refractivity contribution is 0.296. The first kappa shape index (κ1) is 14.9. The average Bonchev–Trinajstić information content (AvgIpc) is 2.82. The lowest BCUT2D eigenvalue weighted by Gasteiger charge is -2.29. The molecule has 2 nitrogen and oxygen atoms in total. The number of ether oxygens (including phenoxy) is 1. The van der Waals surface area contributed by atoms with Crippen LogP contribution in [0, 0.1) is 11.8 Å². The molecule has 0 saturated heterocycles. The second kappa shape index (κ2) is 6.76. The van der Waals surface area contributed by atoms with Crippen LogP contribution in [0.3, 0.4) is 0 Å². The van der Waals surface area contributed by atoms with Crippen LogP contribution in [0.2, 0.25) is 0 Å². The van der Waals surface area contributed by atoms with Gasteiger partial charge in [0.25, 0.3) is 0 Å². The first-order valence-corrected chi connectivity index (χ1v) is 8.03. The molecule has 3 heteroatoms. The Labute approximate surface area is 125 Å².